The first-order valence-corrected chi connectivity index (χ1v) is 7.19. The number of carbonyl (C=O) groups excluding carboxylic acids is 1. The van der Waals surface area contributed by atoms with Gasteiger partial charge in [0.15, 0.2) is 0 Å². The van der Waals surface area contributed by atoms with Crippen molar-refractivity contribution < 1.29 is 14.4 Å². The minimum absolute atomic E-state index is 0.363. The number of nitrogens with zero attached hydrogens (tertiary/aromatic N) is 2. The highest BCUT2D eigenvalue weighted by Crippen LogP contribution is 2.29. The Morgan fingerprint density at radius 2 is 1.77 bits per heavy atom. The standard InChI is InChI=1S/C15H11N3O3S/c19-13(18-20)10-6-8-12(9-7-10)22-15-17-16-14(21-15)11-4-2-1-3-5-11/h1-9,20H,(H,18,19). The monoisotopic (exact) mass is 313 g/mol. The molecule has 0 saturated heterocycles. The molecule has 6 nitrogen and oxygen atoms in total. The van der Waals surface area contributed by atoms with E-state index in [0.717, 1.165) is 10.5 Å². The van der Waals surface area contributed by atoms with Crippen molar-refractivity contribution in [2.45, 2.75) is 10.1 Å². The highest BCUT2D eigenvalue weighted by molar-refractivity contribution is 7.99. The molecule has 110 valence electrons. The van der Waals surface area contributed by atoms with Gasteiger partial charge in [-0.25, -0.2) is 5.48 Å². The maximum atomic E-state index is 11.2. The van der Waals surface area contributed by atoms with E-state index in [1.54, 1.807) is 29.7 Å². The Balaban J connectivity index is 1.74. The summed E-state index contributed by atoms with van der Waals surface area (Å²) in [4.78, 5) is 12.1. The minimum Gasteiger partial charge on any atom is -0.411 e. The van der Waals surface area contributed by atoms with Crippen LogP contribution in [-0.4, -0.2) is 21.3 Å². The molecule has 22 heavy (non-hydrogen) atoms. The number of aromatic nitrogens is 2. The molecule has 3 rings (SSSR count). The Morgan fingerprint density at radius 3 is 2.45 bits per heavy atom. The van der Waals surface area contributed by atoms with Crippen molar-refractivity contribution in [1.29, 1.82) is 0 Å². The average Bonchev–Trinajstić information content (AvgIpc) is 3.04. The van der Waals surface area contributed by atoms with Crippen LogP contribution in [0.4, 0.5) is 0 Å². The van der Waals surface area contributed by atoms with Crippen LogP contribution in [-0.2, 0) is 0 Å². The number of hydrogen-bond donors (Lipinski definition) is 2. The van der Waals surface area contributed by atoms with Crippen LogP contribution in [0.5, 0.6) is 0 Å². The summed E-state index contributed by atoms with van der Waals surface area (Å²) in [5.74, 6) is -0.0971. The summed E-state index contributed by atoms with van der Waals surface area (Å²) in [6.45, 7) is 0. The van der Waals surface area contributed by atoms with Crippen molar-refractivity contribution in [2.75, 3.05) is 0 Å². The molecule has 0 aliphatic heterocycles. The number of carbonyl (C=O) groups is 1. The van der Waals surface area contributed by atoms with E-state index in [-0.39, 0.29) is 0 Å². The predicted molar refractivity (Wildman–Crippen MR) is 79.6 cm³/mol. The number of amides is 1. The molecular weight excluding hydrogens is 302 g/mol. The Morgan fingerprint density at radius 1 is 1.05 bits per heavy atom. The van der Waals surface area contributed by atoms with Crippen LogP contribution in [0.3, 0.4) is 0 Å². The van der Waals surface area contributed by atoms with Gasteiger partial charge >= 0.3 is 0 Å². The number of benzene rings is 2. The maximum Gasteiger partial charge on any atom is 0.281 e. The van der Waals surface area contributed by atoms with Gasteiger partial charge in [-0.15, -0.1) is 10.2 Å². The summed E-state index contributed by atoms with van der Waals surface area (Å²) in [6.07, 6.45) is 0. The third-order valence-electron chi connectivity index (χ3n) is 2.85. The van der Waals surface area contributed by atoms with Crippen molar-refractivity contribution in [3.63, 3.8) is 0 Å². The summed E-state index contributed by atoms with van der Waals surface area (Å²) in [6, 6.07) is 16.2. The van der Waals surface area contributed by atoms with Crippen molar-refractivity contribution >= 4 is 17.7 Å². The quantitative estimate of drug-likeness (QED) is 0.568. The third-order valence-corrected chi connectivity index (χ3v) is 3.70. The van der Waals surface area contributed by atoms with E-state index >= 15 is 0 Å². The molecule has 1 amide bonds. The number of nitrogens with one attached hydrogen (secondary N) is 1. The van der Waals surface area contributed by atoms with Gasteiger partial charge in [-0.05, 0) is 48.2 Å². The second-order valence-corrected chi connectivity index (χ2v) is 5.33. The minimum atomic E-state index is -0.555. The van der Waals surface area contributed by atoms with Crippen LogP contribution in [0, 0.1) is 0 Å². The topological polar surface area (TPSA) is 88.2 Å². The van der Waals surface area contributed by atoms with E-state index in [4.69, 9.17) is 9.62 Å². The van der Waals surface area contributed by atoms with Gasteiger partial charge in [-0.3, -0.25) is 10.0 Å². The van der Waals surface area contributed by atoms with Crippen LogP contribution in [0.15, 0.2) is 69.1 Å². The SMILES string of the molecule is O=C(NO)c1ccc(Sc2nnc(-c3ccccc3)o2)cc1. The van der Waals surface area contributed by atoms with E-state index in [1.165, 1.54) is 11.8 Å². The Kier molecular flexibility index (Phi) is 4.17. The van der Waals surface area contributed by atoms with Crippen LogP contribution in [0.25, 0.3) is 11.5 Å². The fourth-order valence-corrected chi connectivity index (χ4v) is 2.46. The van der Waals surface area contributed by atoms with Gasteiger partial charge < -0.3 is 4.42 Å². The second-order valence-electron chi connectivity index (χ2n) is 4.31. The number of hydrogen-bond acceptors (Lipinski definition) is 6. The van der Waals surface area contributed by atoms with Gasteiger partial charge in [0, 0.05) is 16.0 Å². The zero-order chi connectivity index (χ0) is 15.4. The van der Waals surface area contributed by atoms with E-state index < -0.39 is 5.91 Å². The average molecular weight is 313 g/mol. The number of hydroxylamine groups is 1. The Bertz CT molecular complexity index is 772. The molecule has 0 saturated carbocycles. The molecule has 2 N–H and O–H groups in total. The lowest BCUT2D eigenvalue weighted by atomic mass is 10.2. The Labute approximate surface area is 130 Å². The third kappa shape index (κ3) is 3.16. The lowest BCUT2D eigenvalue weighted by molar-refractivity contribution is 0.0706. The second kappa shape index (κ2) is 6.42. The summed E-state index contributed by atoms with van der Waals surface area (Å²) in [5, 5.41) is 17.0. The number of rotatable bonds is 4. The van der Waals surface area contributed by atoms with Gasteiger partial charge in [0.25, 0.3) is 11.1 Å². The molecular formula is C15H11N3O3S. The molecule has 0 spiro atoms. The van der Waals surface area contributed by atoms with E-state index in [1.807, 2.05) is 30.3 Å². The molecule has 1 aromatic heterocycles. The van der Waals surface area contributed by atoms with Gasteiger partial charge in [0.2, 0.25) is 5.89 Å². The normalized spacial score (nSPS) is 10.4. The molecule has 1 heterocycles. The van der Waals surface area contributed by atoms with E-state index in [9.17, 15) is 4.79 Å². The van der Waals surface area contributed by atoms with Gasteiger partial charge in [-0.1, -0.05) is 18.2 Å². The van der Waals surface area contributed by atoms with Crippen molar-refractivity contribution in [3.05, 3.63) is 60.2 Å². The molecule has 0 atom stereocenters. The molecule has 0 unspecified atom stereocenters. The smallest absolute Gasteiger partial charge is 0.281 e. The van der Waals surface area contributed by atoms with Crippen molar-refractivity contribution in [3.8, 4) is 11.5 Å². The van der Waals surface area contributed by atoms with Crippen LogP contribution >= 0.6 is 11.8 Å². The summed E-state index contributed by atoms with van der Waals surface area (Å²) in [5.41, 5.74) is 2.81. The summed E-state index contributed by atoms with van der Waals surface area (Å²) < 4.78 is 5.59. The van der Waals surface area contributed by atoms with Gasteiger partial charge in [0.1, 0.15) is 0 Å². The molecule has 0 bridgehead atoms. The summed E-state index contributed by atoms with van der Waals surface area (Å²) in [7, 11) is 0. The van der Waals surface area contributed by atoms with Crippen molar-refractivity contribution in [2.24, 2.45) is 0 Å². The van der Waals surface area contributed by atoms with E-state index in [0.29, 0.717) is 16.7 Å². The molecule has 0 aliphatic rings. The first-order chi connectivity index (χ1) is 10.8. The van der Waals surface area contributed by atoms with Crippen LogP contribution in [0.1, 0.15) is 10.4 Å². The highest BCUT2D eigenvalue weighted by atomic mass is 32.2. The molecule has 0 fully saturated rings. The highest BCUT2D eigenvalue weighted by Gasteiger charge is 2.10. The maximum absolute atomic E-state index is 11.2. The largest absolute Gasteiger partial charge is 0.411 e. The van der Waals surface area contributed by atoms with E-state index in [2.05, 4.69) is 10.2 Å². The fourth-order valence-electron chi connectivity index (χ4n) is 1.79. The lowest BCUT2D eigenvalue weighted by Gasteiger charge is -2.00. The zero-order valence-corrected chi connectivity index (χ0v) is 12.1. The van der Waals surface area contributed by atoms with Crippen molar-refractivity contribution in [1.82, 2.24) is 15.7 Å². The molecule has 7 heteroatoms. The van der Waals surface area contributed by atoms with Crippen LogP contribution in [0.2, 0.25) is 0 Å². The lowest BCUT2D eigenvalue weighted by Crippen LogP contribution is -2.18. The fraction of sp³-hybridized carbons (Fsp3) is 0. The summed E-state index contributed by atoms with van der Waals surface area (Å²) >= 11 is 1.30. The van der Waals surface area contributed by atoms with Gasteiger partial charge in [0.05, 0.1) is 0 Å². The van der Waals surface area contributed by atoms with Crippen LogP contribution < -0.4 is 5.48 Å². The Hall–Kier alpha value is -2.64. The molecule has 0 aliphatic carbocycles. The predicted octanol–water partition coefficient (Wildman–Crippen LogP) is 3.01. The first kappa shape index (κ1) is 14.3. The molecule has 0 radical (unpaired) electrons. The molecule has 3 aromatic rings. The first-order valence-electron chi connectivity index (χ1n) is 6.37. The van der Waals surface area contributed by atoms with Gasteiger partial charge in [-0.2, -0.15) is 0 Å². The zero-order valence-electron chi connectivity index (χ0n) is 11.3. The molecule has 2 aromatic carbocycles.